The maximum atomic E-state index is 12.7. The van der Waals surface area contributed by atoms with Crippen LogP contribution in [0.15, 0.2) is 73.8 Å². The Bertz CT molecular complexity index is 1170. The molecule has 2 heterocycles. The minimum atomic E-state index is -0.677. The van der Waals surface area contributed by atoms with Gasteiger partial charge in [-0.05, 0) is 48.5 Å². The lowest BCUT2D eigenvalue weighted by Crippen LogP contribution is -2.36. The summed E-state index contributed by atoms with van der Waals surface area (Å²) in [5.74, 6) is -1.23. The number of fused-ring (bicyclic) bond motifs is 1. The lowest BCUT2D eigenvalue weighted by Gasteiger charge is -2.17. The van der Waals surface area contributed by atoms with E-state index in [-0.39, 0.29) is 39.6 Å². The number of carbonyl (C=O) groups excluding carboxylic acids is 4. The number of hydrogen-bond donors (Lipinski definition) is 0. The lowest BCUT2D eigenvalue weighted by atomic mass is 10.1. The summed E-state index contributed by atoms with van der Waals surface area (Å²) in [4.78, 5) is 47.5. The molecular weight excluding hydrogens is 552 g/mol. The fourth-order valence-electron chi connectivity index (χ4n) is 4.14. The Morgan fingerprint density at radius 1 is 0.643 bits per heavy atom. The van der Waals surface area contributed by atoms with Crippen LogP contribution in [-0.2, 0) is 38.0 Å². The molecule has 222 valence electrons. The summed E-state index contributed by atoms with van der Waals surface area (Å²) in [5.41, 5.74) is 0.602. The van der Waals surface area contributed by atoms with Gasteiger partial charge in [0.2, 0.25) is 0 Å². The van der Waals surface area contributed by atoms with Gasteiger partial charge in [0.05, 0.1) is 24.3 Å². The number of ether oxygens (including phenoxy) is 8. The van der Waals surface area contributed by atoms with E-state index < -0.39 is 48.3 Å². The van der Waals surface area contributed by atoms with Crippen LogP contribution < -0.4 is 9.47 Å². The fraction of sp³-hybridized carbons (Fsp3) is 0.333. The van der Waals surface area contributed by atoms with Crippen LogP contribution >= 0.6 is 0 Å². The van der Waals surface area contributed by atoms with Gasteiger partial charge in [-0.25, -0.2) is 19.2 Å². The second-order valence-corrected chi connectivity index (χ2v) is 8.97. The zero-order chi connectivity index (χ0) is 29.9. The van der Waals surface area contributed by atoms with Crippen LogP contribution in [0.1, 0.15) is 20.7 Å². The molecule has 0 aromatic heterocycles. The van der Waals surface area contributed by atoms with E-state index in [4.69, 9.17) is 37.9 Å². The maximum Gasteiger partial charge on any atom is 0.338 e. The second kappa shape index (κ2) is 14.8. The van der Waals surface area contributed by atoms with Crippen LogP contribution in [0.4, 0.5) is 0 Å². The van der Waals surface area contributed by atoms with Gasteiger partial charge in [0.15, 0.2) is 12.2 Å². The highest BCUT2D eigenvalue weighted by Crippen LogP contribution is 2.31. The molecule has 0 aliphatic carbocycles. The molecule has 2 aromatic carbocycles. The minimum absolute atomic E-state index is 0.0639. The van der Waals surface area contributed by atoms with Gasteiger partial charge in [0, 0.05) is 12.2 Å². The Morgan fingerprint density at radius 3 is 1.38 bits per heavy atom. The summed E-state index contributed by atoms with van der Waals surface area (Å²) in [6, 6.07) is 12.6. The van der Waals surface area contributed by atoms with Crippen molar-refractivity contribution < 1.29 is 57.1 Å². The number of carbonyl (C=O) groups is 4. The third kappa shape index (κ3) is 8.18. The topological polar surface area (TPSA) is 142 Å². The van der Waals surface area contributed by atoms with E-state index in [9.17, 15) is 19.2 Å². The number of hydrogen-bond acceptors (Lipinski definition) is 12. The average molecular weight is 583 g/mol. The molecule has 2 aliphatic heterocycles. The standard InChI is InChI=1S/C30H30O12/c1-3-25(31)37-15-13-35-21-9-5-19(6-10-21)29(33)41-23-17-39-28-24(18-40-27(23)28)42-30(34)20-7-11-22(12-8-20)36-14-16-38-26(32)4-2/h3-12,23-24,27-28H,1-2,13-18H2/t23-,24-,27-,28-/m1/s1. The molecule has 0 amide bonds. The number of rotatable bonds is 14. The van der Waals surface area contributed by atoms with Crippen molar-refractivity contribution >= 4 is 23.9 Å². The van der Waals surface area contributed by atoms with Gasteiger partial charge < -0.3 is 37.9 Å². The van der Waals surface area contributed by atoms with Crippen molar-refractivity contribution in [2.45, 2.75) is 24.4 Å². The zero-order valence-electron chi connectivity index (χ0n) is 22.6. The van der Waals surface area contributed by atoms with Crippen LogP contribution in [0.25, 0.3) is 0 Å². The van der Waals surface area contributed by atoms with Gasteiger partial charge in [-0.2, -0.15) is 0 Å². The first-order valence-corrected chi connectivity index (χ1v) is 13.1. The molecule has 4 rings (SSSR count). The summed E-state index contributed by atoms with van der Waals surface area (Å²) in [5, 5.41) is 0. The normalized spacial score (nSPS) is 20.5. The van der Waals surface area contributed by atoms with Crippen molar-refractivity contribution in [1.82, 2.24) is 0 Å². The van der Waals surface area contributed by atoms with Gasteiger partial charge in [0.25, 0.3) is 0 Å². The third-order valence-electron chi connectivity index (χ3n) is 6.19. The molecular formula is C30H30O12. The zero-order valence-corrected chi connectivity index (χ0v) is 22.6. The SMILES string of the molecule is C=CC(=O)OCCOc1ccc(C(=O)O[C@@H]2CO[C@H]3[C@@H]2OC[C@H]3OC(=O)c2ccc(OCCOC(=O)C=C)cc2)cc1. The van der Waals surface area contributed by atoms with Crippen LogP contribution in [-0.4, -0.2) is 87.9 Å². The van der Waals surface area contributed by atoms with Crippen LogP contribution in [0, 0.1) is 0 Å². The van der Waals surface area contributed by atoms with Crippen LogP contribution in [0.5, 0.6) is 11.5 Å². The molecule has 2 aromatic rings. The molecule has 0 radical (unpaired) electrons. The molecule has 42 heavy (non-hydrogen) atoms. The van der Waals surface area contributed by atoms with E-state index in [1.807, 2.05) is 0 Å². The Hall–Kier alpha value is -4.68. The van der Waals surface area contributed by atoms with E-state index in [0.29, 0.717) is 22.6 Å². The van der Waals surface area contributed by atoms with Crippen LogP contribution in [0.3, 0.4) is 0 Å². The molecule has 0 bridgehead atoms. The van der Waals surface area contributed by atoms with Crippen molar-refractivity contribution in [2.75, 3.05) is 39.6 Å². The molecule has 2 fully saturated rings. The van der Waals surface area contributed by atoms with Crippen LogP contribution in [0.2, 0.25) is 0 Å². The van der Waals surface area contributed by atoms with E-state index in [1.54, 1.807) is 48.5 Å². The first-order chi connectivity index (χ1) is 20.4. The highest BCUT2D eigenvalue weighted by molar-refractivity contribution is 5.90. The van der Waals surface area contributed by atoms with Crippen molar-refractivity contribution in [1.29, 1.82) is 0 Å². The first kappa shape index (κ1) is 30.3. The fourth-order valence-corrected chi connectivity index (χ4v) is 4.14. The molecule has 2 aliphatic rings. The van der Waals surface area contributed by atoms with Gasteiger partial charge in [-0.1, -0.05) is 13.2 Å². The summed E-state index contributed by atoms with van der Waals surface area (Å²) in [6.45, 7) is 7.22. The second-order valence-electron chi connectivity index (χ2n) is 8.97. The van der Waals surface area contributed by atoms with Crippen molar-refractivity contribution in [2.24, 2.45) is 0 Å². The van der Waals surface area contributed by atoms with E-state index >= 15 is 0 Å². The molecule has 0 N–H and O–H groups in total. The lowest BCUT2D eigenvalue weighted by molar-refractivity contribution is -0.139. The summed E-state index contributed by atoms with van der Waals surface area (Å²) in [7, 11) is 0. The predicted octanol–water partition coefficient (Wildman–Crippen LogP) is 2.45. The highest BCUT2D eigenvalue weighted by Gasteiger charge is 2.51. The van der Waals surface area contributed by atoms with Gasteiger partial charge in [-0.15, -0.1) is 0 Å². The Balaban J connectivity index is 1.20. The van der Waals surface area contributed by atoms with Gasteiger partial charge in [-0.3, -0.25) is 0 Å². The summed E-state index contributed by atoms with van der Waals surface area (Å²) < 4.78 is 43.4. The number of benzene rings is 2. The Kier molecular flexibility index (Phi) is 10.7. The molecule has 0 saturated carbocycles. The van der Waals surface area contributed by atoms with E-state index in [1.165, 1.54) is 0 Å². The Labute approximate surface area is 241 Å². The molecule has 12 heteroatoms. The molecule has 12 nitrogen and oxygen atoms in total. The maximum absolute atomic E-state index is 12.7. The van der Waals surface area contributed by atoms with Crippen molar-refractivity contribution in [3.05, 3.63) is 85.0 Å². The molecule has 0 unspecified atom stereocenters. The molecule has 0 spiro atoms. The third-order valence-corrected chi connectivity index (χ3v) is 6.19. The monoisotopic (exact) mass is 582 g/mol. The largest absolute Gasteiger partial charge is 0.490 e. The average Bonchev–Trinajstić information content (AvgIpc) is 3.60. The quantitative estimate of drug-likeness (QED) is 0.140. The molecule has 2 saturated heterocycles. The van der Waals surface area contributed by atoms with Gasteiger partial charge >= 0.3 is 23.9 Å². The summed E-state index contributed by atoms with van der Waals surface area (Å²) in [6.07, 6.45) is -0.392. The highest BCUT2D eigenvalue weighted by atomic mass is 16.7. The molecule has 4 atom stereocenters. The van der Waals surface area contributed by atoms with Crippen molar-refractivity contribution in [3.8, 4) is 11.5 Å². The minimum Gasteiger partial charge on any atom is -0.490 e. The first-order valence-electron chi connectivity index (χ1n) is 13.1. The van der Waals surface area contributed by atoms with Crippen molar-refractivity contribution in [3.63, 3.8) is 0 Å². The predicted molar refractivity (Wildman–Crippen MR) is 144 cm³/mol. The Morgan fingerprint density at radius 2 is 1.02 bits per heavy atom. The smallest absolute Gasteiger partial charge is 0.338 e. The summed E-state index contributed by atoms with van der Waals surface area (Å²) >= 11 is 0. The van der Waals surface area contributed by atoms with Gasteiger partial charge in [0.1, 0.15) is 50.1 Å². The van der Waals surface area contributed by atoms with E-state index in [0.717, 1.165) is 12.2 Å². The van der Waals surface area contributed by atoms with E-state index in [2.05, 4.69) is 13.2 Å². The number of esters is 4.